The van der Waals surface area contributed by atoms with E-state index in [0.717, 1.165) is 10.4 Å². The van der Waals surface area contributed by atoms with Crippen LogP contribution in [0, 0.1) is 11.8 Å². The van der Waals surface area contributed by atoms with Gasteiger partial charge in [-0.2, -0.15) is 13.2 Å². The number of rotatable bonds is 12. The smallest absolute Gasteiger partial charge is 0.405 e. The summed E-state index contributed by atoms with van der Waals surface area (Å²) in [6.45, 7) is 6.41. The number of ether oxygens (including phenoxy) is 2. The highest BCUT2D eigenvalue weighted by Gasteiger charge is 2.51. The van der Waals surface area contributed by atoms with E-state index >= 15 is 0 Å². The molecule has 0 saturated carbocycles. The molecule has 1 amide bonds. The van der Waals surface area contributed by atoms with Crippen molar-refractivity contribution in [2.24, 2.45) is 4.99 Å². The molecule has 2 aromatic carbocycles. The summed E-state index contributed by atoms with van der Waals surface area (Å²) in [6.07, 6.45) is 0.801. The van der Waals surface area contributed by atoms with Crippen LogP contribution in [0.3, 0.4) is 0 Å². The van der Waals surface area contributed by atoms with Crippen molar-refractivity contribution in [2.75, 3.05) is 39.4 Å². The first-order valence-electron chi connectivity index (χ1n) is 16.7. The molecular formula is C37H43F3N6O4SSi. The molecule has 2 aromatic heterocycles. The molecule has 0 radical (unpaired) electrons. The van der Waals surface area contributed by atoms with Gasteiger partial charge in [-0.05, 0) is 21.7 Å². The molecule has 52 heavy (non-hydrogen) atoms. The largest absolute Gasteiger partial charge is 0.471 e. The lowest BCUT2D eigenvalue weighted by atomic mass is 10.2. The van der Waals surface area contributed by atoms with Crippen LogP contribution in [0.1, 0.15) is 39.0 Å². The Hall–Kier alpha value is -4.20. The lowest BCUT2D eigenvalue weighted by molar-refractivity contribution is -0.173. The van der Waals surface area contributed by atoms with Crippen LogP contribution in [-0.4, -0.2) is 97.8 Å². The van der Waals surface area contributed by atoms with Crippen LogP contribution >= 0.6 is 11.8 Å². The lowest BCUT2D eigenvalue weighted by Gasteiger charge is -2.43. The number of nitrogens with one attached hydrogen (secondary N) is 1. The average Bonchev–Trinajstić information content (AvgIpc) is 3.69. The van der Waals surface area contributed by atoms with Gasteiger partial charge in [0.2, 0.25) is 0 Å². The molecule has 276 valence electrons. The zero-order valence-corrected chi connectivity index (χ0v) is 31.8. The zero-order valence-electron chi connectivity index (χ0n) is 30.0. The monoisotopic (exact) mass is 752 g/mol. The van der Waals surface area contributed by atoms with Gasteiger partial charge >= 0.3 is 12.1 Å². The van der Waals surface area contributed by atoms with Crippen LogP contribution in [0.15, 0.2) is 78.2 Å². The fraction of sp³-hybridized carbons (Fsp3) is 0.405. The summed E-state index contributed by atoms with van der Waals surface area (Å²) in [5.74, 6) is 4.22. The summed E-state index contributed by atoms with van der Waals surface area (Å²) < 4.78 is 60.5. The molecule has 10 nitrogen and oxygen atoms in total. The molecule has 1 N–H and O–H groups in total. The minimum atomic E-state index is -5.01. The minimum absolute atomic E-state index is 0.243. The second kappa shape index (κ2) is 16.6. The van der Waals surface area contributed by atoms with Crippen LogP contribution in [0.25, 0.3) is 11.0 Å². The Bertz CT molecular complexity index is 1870. The van der Waals surface area contributed by atoms with Gasteiger partial charge < -0.3 is 28.7 Å². The summed E-state index contributed by atoms with van der Waals surface area (Å²) in [5, 5.41) is 4.34. The third-order valence-corrected chi connectivity index (χ3v) is 14.0. The number of carbonyl (C=O) groups excluding carboxylic acids is 1. The van der Waals surface area contributed by atoms with Crippen molar-refractivity contribution < 1.29 is 31.9 Å². The summed E-state index contributed by atoms with van der Waals surface area (Å²) in [7, 11) is 0.736. The zero-order chi connectivity index (χ0) is 37.5. The van der Waals surface area contributed by atoms with Crippen LogP contribution in [0.2, 0.25) is 5.04 Å². The molecular weight excluding hydrogens is 710 g/mol. The first-order valence-corrected chi connectivity index (χ1v) is 20.0. The number of halogens is 3. The summed E-state index contributed by atoms with van der Waals surface area (Å²) in [5.41, 5.74) is 0.895. The number of hydrogen-bond acceptors (Lipinski definition) is 8. The van der Waals surface area contributed by atoms with Crippen molar-refractivity contribution in [1.29, 1.82) is 0 Å². The van der Waals surface area contributed by atoms with E-state index in [0.29, 0.717) is 34.8 Å². The Morgan fingerprint density at radius 1 is 1.12 bits per heavy atom. The average molecular weight is 753 g/mol. The van der Waals surface area contributed by atoms with Gasteiger partial charge in [0, 0.05) is 26.7 Å². The number of aliphatic imine (C=N–C) groups is 1. The quantitative estimate of drug-likeness (QED) is 0.0689. The summed E-state index contributed by atoms with van der Waals surface area (Å²) in [6, 6.07) is 20.8. The number of thioether (sulfide) groups is 1. The van der Waals surface area contributed by atoms with Crippen molar-refractivity contribution in [3.8, 4) is 11.8 Å². The van der Waals surface area contributed by atoms with Crippen LogP contribution in [0.4, 0.5) is 19.0 Å². The van der Waals surface area contributed by atoms with Gasteiger partial charge in [-0.3, -0.25) is 4.79 Å². The van der Waals surface area contributed by atoms with E-state index in [1.165, 1.54) is 6.33 Å². The maximum Gasteiger partial charge on any atom is 0.471 e. The highest BCUT2D eigenvalue weighted by molar-refractivity contribution is 7.98. The Labute approximate surface area is 307 Å². The molecule has 3 heterocycles. The molecule has 4 aromatic rings. The normalized spacial score (nSPS) is 18.1. The third kappa shape index (κ3) is 8.70. The van der Waals surface area contributed by atoms with Crippen molar-refractivity contribution in [3.63, 3.8) is 0 Å². The number of hydrogen-bond donors (Lipinski definition) is 1. The molecule has 0 spiro atoms. The second-order valence-electron chi connectivity index (χ2n) is 13.5. The minimum Gasteiger partial charge on any atom is -0.405 e. The molecule has 1 aliphatic rings. The molecule has 1 unspecified atom stereocenters. The van der Waals surface area contributed by atoms with Crippen molar-refractivity contribution in [2.45, 2.75) is 56.8 Å². The molecule has 0 aliphatic carbocycles. The van der Waals surface area contributed by atoms with E-state index in [1.54, 1.807) is 34.5 Å². The van der Waals surface area contributed by atoms with Crippen LogP contribution in [0.5, 0.6) is 0 Å². The SMILES string of the molecule is CSCOC1C[C@H](n2cc(C#CCNC(=O)C(F)(F)F)c3c(N=CN(C)C)ncnc32)O[C@@H]1CO[Si](c1ccccc1)(c1ccccc1)C(C)(C)C. The molecule has 15 heteroatoms. The number of aromatic nitrogens is 3. The molecule has 1 saturated heterocycles. The van der Waals surface area contributed by atoms with Crippen molar-refractivity contribution in [1.82, 2.24) is 24.8 Å². The van der Waals surface area contributed by atoms with E-state index in [2.05, 4.69) is 71.8 Å². The van der Waals surface area contributed by atoms with Gasteiger partial charge in [0.1, 0.15) is 24.3 Å². The fourth-order valence-corrected chi connectivity index (χ4v) is 11.2. The number of nitrogens with zero attached hydrogens (tertiary/aromatic N) is 5. The lowest BCUT2D eigenvalue weighted by Crippen LogP contribution is -2.67. The Kier molecular flexibility index (Phi) is 12.5. The standard InChI is InChI=1S/C37H43F3N6O4SSi/c1-36(2,3)52(27-15-9-7-10-16-27,28-17-11-8-12-18-28)49-22-30-29(48-25-51-6)20-31(50-30)46-21-26(14-13-19-41-35(47)37(38,39)40)32-33(44-24-45(4)5)42-23-43-34(32)46/h7-12,15-18,21,23-24,29-31H,19-20,22,25H2,1-6H3,(H,41,47)/t29?,30-,31-/m1/s1. The van der Waals surface area contributed by atoms with Gasteiger partial charge in [-0.15, -0.1) is 11.8 Å². The Balaban J connectivity index is 1.51. The van der Waals surface area contributed by atoms with E-state index < -0.39 is 39.3 Å². The predicted octanol–water partition coefficient (Wildman–Crippen LogP) is 5.25. The number of carbonyl (C=O) groups is 1. The van der Waals surface area contributed by atoms with Crippen molar-refractivity contribution in [3.05, 3.63) is 78.8 Å². The Morgan fingerprint density at radius 3 is 2.35 bits per heavy atom. The van der Waals surface area contributed by atoms with E-state index in [-0.39, 0.29) is 17.7 Å². The number of benzene rings is 2. The third-order valence-electron chi connectivity index (χ3n) is 8.59. The molecule has 1 aliphatic heterocycles. The number of amides is 1. The van der Waals surface area contributed by atoms with Crippen molar-refractivity contribution >= 4 is 59.5 Å². The highest BCUT2D eigenvalue weighted by Crippen LogP contribution is 2.40. The molecule has 3 atom stereocenters. The number of alkyl halides is 3. The van der Waals surface area contributed by atoms with E-state index in [1.807, 2.05) is 61.3 Å². The second-order valence-corrected chi connectivity index (χ2v) is 18.6. The number of fused-ring (bicyclic) bond motifs is 1. The van der Waals surface area contributed by atoms with E-state index in [4.69, 9.17) is 13.9 Å². The van der Waals surface area contributed by atoms with E-state index in [9.17, 15) is 18.0 Å². The summed E-state index contributed by atoms with van der Waals surface area (Å²) >= 11 is 1.56. The van der Waals surface area contributed by atoms with Gasteiger partial charge in [0.25, 0.3) is 8.32 Å². The van der Waals surface area contributed by atoms with Crippen LogP contribution < -0.4 is 15.7 Å². The highest BCUT2D eigenvalue weighted by atomic mass is 32.2. The molecule has 5 rings (SSSR count). The first kappa shape index (κ1) is 39.0. The van der Waals surface area contributed by atoms with Crippen LogP contribution in [-0.2, 0) is 18.7 Å². The molecule has 1 fully saturated rings. The van der Waals surface area contributed by atoms with Gasteiger partial charge in [-0.25, -0.2) is 15.0 Å². The summed E-state index contributed by atoms with van der Waals surface area (Å²) in [4.78, 5) is 26.5. The maximum atomic E-state index is 12.7. The predicted molar refractivity (Wildman–Crippen MR) is 201 cm³/mol. The maximum absolute atomic E-state index is 12.7. The fourth-order valence-electron chi connectivity index (χ4n) is 6.34. The topological polar surface area (TPSA) is 103 Å². The van der Waals surface area contributed by atoms with Gasteiger partial charge in [-0.1, -0.05) is 93.3 Å². The Morgan fingerprint density at radius 2 is 1.77 bits per heavy atom. The van der Waals surface area contributed by atoms with Gasteiger partial charge in [0.05, 0.1) is 42.5 Å². The molecule has 0 bridgehead atoms. The van der Waals surface area contributed by atoms with Gasteiger partial charge in [0.15, 0.2) is 5.82 Å². The first-order chi connectivity index (χ1) is 24.8.